The number of sulfonamides is 1. The number of carboxylic acid groups (broad SMARTS) is 1. The number of rotatable bonds is 3. The van der Waals surface area contributed by atoms with Gasteiger partial charge in [-0.2, -0.15) is 13.1 Å². The molecule has 0 N–H and O–H groups in total. The second kappa shape index (κ2) is 4.76. The summed E-state index contributed by atoms with van der Waals surface area (Å²) in [5.74, 6) is -1.37. The molecule has 0 aliphatic carbocycles. The molecule has 2 aromatic rings. The molecule has 3 rings (SSSR count). The summed E-state index contributed by atoms with van der Waals surface area (Å²) in [4.78, 5) is 11.1. The van der Waals surface area contributed by atoms with E-state index >= 15 is 0 Å². The highest BCUT2D eigenvalue weighted by Gasteiger charge is 2.37. The molecule has 0 saturated carbocycles. The van der Waals surface area contributed by atoms with Crippen molar-refractivity contribution in [3.8, 4) is 0 Å². The van der Waals surface area contributed by atoms with Crippen molar-refractivity contribution in [2.75, 3.05) is 6.54 Å². The smallest absolute Gasteiger partial charge is 0.245 e. The fraction of sp³-hybridized carbons (Fsp3) is 0.364. The predicted octanol–water partition coefficient (Wildman–Crippen LogP) is -0.406. The SMILES string of the molecule is O=C([O-])[C@H]1CCCN1S(=O)(=O)c1cccc2nsnc12. The standard InChI is InChI=1S/C11H11N3O4S2/c15-11(16)8-4-2-6-14(8)20(17,18)9-5-1-3-7-10(9)13-19-12-7/h1,3,5,8H,2,4,6H2,(H,15,16)/p-1/t8-/m1/s1. The molecule has 0 spiro atoms. The number of carbonyl (C=O) groups excluding carboxylic acids is 1. The van der Waals surface area contributed by atoms with Crippen LogP contribution in [0.3, 0.4) is 0 Å². The van der Waals surface area contributed by atoms with Crippen molar-refractivity contribution in [2.45, 2.75) is 23.8 Å². The van der Waals surface area contributed by atoms with Gasteiger partial charge in [-0.3, -0.25) is 0 Å². The zero-order valence-corrected chi connectivity index (χ0v) is 11.9. The summed E-state index contributed by atoms with van der Waals surface area (Å²) in [6.07, 6.45) is 0.774. The average Bonchev–Trinajstić information content (AvgIpc) is 3.06. The summed E-state index contributed by atoms with van der Waals surface area (Å²) < 4.78 is 34.2. The van der Waals surface area contributed by atoms with E-state index in [2.05, 4.69) is 8.75 Å². The largest absolute Gasteiger partial charge is 0.548 e. The first-order valence-corrected chi connectivity index (χ1v) is 8.13. The first kappa shape index (κ1) is 13.4. The molecule has 9 heteroatoms. The van der Waals surface area contributed by atoms with Crippen molar-refractivity contribution in [1.29, 1.82) is 0 Å². The second-order valence-electron chi connectivity index (χ2n) is 4.48. The molecule has 0 amide bonds. The van der Waals surface area contributed by atoms with E-state index in [0.717, 1.165) is 16.0 Å². The quantitative estimate of drug-likeness (QED) is 0.763. The number of aliphatic carboxylic acids is 1. The minimum Gasteiger partial charge on any atom is -0.548 e. The first-order chi connectivity index (χ1) is 9.51. The van der Waals surface area contributed by atoms with E-state index in [0.29, 0.717) is 11.9 Å². The number of benzene rings is 1. The maximum Gasteiger partial charge on any atom is 0.245 e. The third-order valence-electron chi connectivity index (χ3n) is 3.31. The van der Waals surface area contributed by atoms with E-state index in [1.807, 2.05) is 0 Å². The molecule has 106 valence electrons. The molecule has 1 aromatic heterocycles. The van der Waals surface area contributed by atoms with Crippen molar-refractivity contribution in [3.63, 3.8) is 0 Å². The fourth-order valence-electron chi connectivity index (χ4n) is 2.38. The molecule has 2 heterocycles. The van der Waals surface area contributed by atoms with Crippen molar-refractivity contribution >= 4 is 38.8 Å². The van der Waals surface area contributed by atoms with Crippen LogP contribution in [0.2, 0.25) is 0 Å². The first-order valence-electron chi connectivity index (χ1n) is 5.96. The molecule has 1 atom stereocenters. The Morgan fingerprint density at radius 2 is 2.20 bits per heavy atom. The van der Waals surface area contributed by atoms with Gasteiger partial charge in [-0.15, -0.1) is 0 Å². The highest BCUT2D eigenvalue weighted by molar-refractivity contribution is 7.89. The molecule has 1 saturated heterocycles. The number of carboxylic acids is 1. The summed E-state index contributed by atoms with van der Waals surface area (Å²) in [6.45, 7) is 0.176. The Kier molecular flexibility index (Phi) is 3.19. The Labute approximate surface area is 119 Å². The molecule has 1 fully saturated rings. The number of fused-ring (bicyclic) bond motifs is 1. The minimum absolute atomic E-state index is 0.00287. The van der Waals surface area contributed by atoms with E-state index < -0.39 is 22.0 Å². The summed E-state index contributed by atoms with van der Waals surface area (Å²) in [5, 5.41) is 11.1. The van der Waals surface area contributed by atoms with Crippen LogP contribution in [0, 0.1) is 0 Å². The number of hydrogen-bond donors (Lipinski definition) is 0. The summed E-state index contributed by atoms with van der Waals surface area (Å²) >= 11 is 0.921. The maximum atomic E-state index is 12.6. The van der Waals surface area contributed by atoms with E-state index in [9.17, 15) is 18.3 Å². The van der Waals surface area contributed by atoms with Crippen LogP contribution >= 0.6 is 11.7 Å². The number of nitrogens with zero attached hydrogens (tertiary/aromatic N) is 3. The molecule has 7 nitrogen and oxygen atoms in total. The van der Waals surface area contributed by atoms with Crippen molar-refractivity contribution < 1.29 is 18.3 Å². The Morgan fingerprint density at radius 1 is 1.40 bits per heavy atom. The summed E-state index contributed by atoms with van der Waals surface area (Å²) in [7, 11) is -3.91. The van der Waals surface area contributed by atoms with Crippen LogP contribution in [-0.2, 0) is 14.8 Å². The highest BCUT2D eigenvalue weighted by atomic mass is 32.2. The molecule has 1 aliphatic rings. The number of hydrogen-bond acceptors (Lipinski definition) is 7. The Morgan fingerprint density at radius 3 is 2.95 bits per heavy atom. The van der Waals surface area contributed by atoms with Gasteiger partial charge in [-0.05, 0) is 25.0 Å². The molecule has 1 aromatic carbocycles. The second-order valence-corrected chi connectivity index (χ2v) is 6.87. The monoisotopic (exact) mass is 312 g/mol. The van der Waals surface area contributed by atoms with Gasteiger partial charge >= 0.3 is 0 Å². The molecular weight excluding hydrogens is 302 g/mol. The van der Waals surface area contributed by atoms with E-state index in [4.69, 9.17) is 0 Å². The lowest BCUT2D eigenvalue weighted by molar-refractivity contribution is -0.309. The van der Waals surface area contributed by atoms with Gasteiger partial charge in [0.15, 0.2) is 0 Å². The zero-order chi connectivity index (χ0) is 14.3. The molecule has 0 radical (unpaired) electrons. The van der Waals surface area contributed by atoms with Gasteiger partial charge in [-0.25, -0.2) is 8.42 Å². The van der Waals surface area contributed by atoms with Crippen molar-refractivity contribution in [2.24, 2.45) is 0 Å². The lowest BCUT2D eigenvalue weighted by Gasteiger charge is -2.24. The third-order valence-corrected chi connectivity index (χ3v) is 5.79. The summed E-state index contributed by atoms with van der Waals surface area (Å²) in [6, 6.07) is 3.55. The lowest BCUT2D eigenvalue weighted by Crippen LogP contribution is -2.46. The predicted molar refractivity (Wildman–Crippen MR) is 69.3 cm³/mol. The average molecular weight is 312 g/mol. The summed E-state index contributed by atoms with van der Waals surface area (Å²) in [5.41, 5.74) is 0.766. The van der Waals surface area contributed by atoms with Gasteiger partial charge in [-0.1, -0.05) is 6.07 Å². The number of aromatic nitrogens is 2. The molecule has 0 unspecified atom stereocenters. The van der Waals surface area contributed by atoms with E-state index in [-0.39, 0.29) is 23.4 Å². The Bertz CT molecular complexity index is 771. The lowest BCUT2D eigenvalue weighted by atomic mass is 10.2. The normalized spacial score (nSPS) is 20.5. The topological polar surface area (TPSA) is 103 Å². The van der Waals surface area contributed by atoms with Crippen LogP contribution in [0.5, 0.6) is 0 Å². The van der Waals surface area contributed by atoms with Crippen LogP contribution in [0.4, 0.5) is 0 Å². The van der Waals surface area contributed by atoms with Crippen LogP contribution in [-0.4, -0.2) is 40.0 Å². The van der Waals surface area contributed by atoms with Crippen LogP contribution < -0.4 is 5.11 Å². The zero-order valence-electron chi connectivity index (χ0n) is 10.2. The van der Waals surface area contributed by atoms with Gasteiger partial charge in [0.2, 0.25) is 10.0 Å². The Hall–Kier alpha value is -1.58. The molecule has 0 bridgehead atoms. The van der Waals surface area contributed by atoms with Gasteiger partial charge in [0.25, 0.3) is 0 Å². The maximum absolute atomic E-state index is 12.6. The van der Waals surface area contributed by atoms with Gasteiger partial charge < -0.3 is 9.90 Å². The van der Waals surface area contributed by atoms with Crippen LogP contribution in [0.15, 0.2) is 23.1 Å². The van der Waals surface area contributed by atoms with Crippen molar-refractivity contribution in [1.82, 2.24) is 13.1 Å². The fourth-order valence-corrected chi connectivity index (χ4v) is 4.78. The minimum atomic E-state index is -3.91. The Balaban J connectivity index is 2.12. The van der Waals surface area contributed by atoms with Gasteiger partial charge in [0.1, 0.15) is 15.9 Å². The van der Waals surface area contributed by atoms with Crippen LogP contribution in [0.25, 0.3) is 11.0 Å². The molecule has 20 heavy (non-hydrogen) atoms. The van der Waals surface area contributed by atoms with E-state index in [1.54, 1.807) is 12.1 Å². The highest BCUT2D eigenvalue weighted by Crippen LogP contribution is 2.29. The number of carbonyl (C=O) groups is 1. The van der Waals surface area contributed by atoms with Crippen molar-refractivity contribution in [3.05, 3.63) is 18.2 Å². The molecule has 1 aliphatic heterocycles. The van der Waals surface area contributed by atoms with Gasteiger partial charge in [0.05, 0.1) is 23.7 Å². The van der Waals surface area contributed by atoms with Crippen LogP contribution in [0.1, 0.15) is 12.8 Å². The van der Waals surface area contributed by atoms with E-state index in [1.165, 1.54) is 6.07 Å². The molecular formula is C11H10N3O4S2-. The third kappa shape index (κ3) is 1.98. The van der Waals surface area contributed by atoms with Gasteiger partial charge in [0, 0.05) is 6.54 Å².